The molecule has 0 aromatic heterocycles. The van der Waals surface area contributed by atoms with Crippen LogP contribution in [0, 0.1) is 17.0 Å². The molecule has 0 unspecified atom stereocenters. The summed E-state index contributed by atoms with van der Waals surface area (Å²) in [7, 11) is 0. The van der Waals surface area contributed by atoms with E-state index in [1.807, 2.05) is 4.90 Å². The smallest absolute Gasteiger partial charge is 0.273 e. The van der Waals surface area contributed by atoms with Gasteiger partial charge in [-0.2, -0.15) is 0 Å². The first kappa shape index (κ1) is 14.5. The second-order valence-corrected chi connectivity index (χ2v) is 5.26. The second-order valence-electron chi connectivity index (χ2n) is 5.26. The van der Waals surface area contributed by atoms with Crippen molar-refractivity contribution >= 4 is 11.6 Å². The highest BCUT2D eigenvalue weighted by molar-refractivity contribution is 5.96. The standard InChI is InChI=1S/C15H20N2O3/c1-3-12-7-4-5-10-16(12)15(18)13-8-6-9-14(11(13)2)17(19)20/h6,8-9,12H,3-5,7,10H2,1-2H3/t12-/m1/s1. The SMILES string of the molecule is CC[C@@H]1CCCCN1C(=O)c1cccc([N+](=O)[O-])c1C. The van der Waals surface area contributed by atoms with Crippen molar-refractivity contribution in [1.29, 1.82) is 0 Å². The molecule has 2 rings (SSSR count). The van der Waals surface area contributed by atoms with Gasteiger partial charge in [0.1, 0.15) is 0 Å². The van der Waals surface area contributed by atoms with Gasteiger partial charge in [0.2, 0.25) is 0 Å². The third kappa shape index (κ3) is 2.66. The van der Waals surface area contributed by atoms with E-state index in [2.05, 4.69) is 6.92 Å². The first-order valence-corrected chi connectivity index (χ1v) is 7.11. The Bertz CT molecular complexity index is 528. The molecule has 0 radical (unpaired) electrons. The number of amides is 1. The quantitative estimate of drug-likeness (QED) is 0.628. The Morgan fingerprint density at radius 1 is 1.45 bits per heavy atom. The zero-order chi connectivity index (χ0) is 14.7. The molecular formula is C15H20N2O3. The summed E-state index contributed by atoms with van der Waals surface area (Å²) in [6, 6.07) is 4.98. The van der Waals surface area contributed by atoms with Gasteiger partial charge in [-0.1, -0.05) is 13.0 Å². The van der Waals surface area contributed by atoms with Gasteiger partial charge >= 0.3 is 0 Å². The third-order valence-corrected chi connectivity index (χ3v) is 4.09. The predicted molar refractivity (Wildman–Crippen MR) is 76.8 cm³/mol. The third-order valence-electron chi connectivity index (χ3n) is 4.09. The van der Waals surface area contributed by atoms with E-state index < -0.39 is 4.92 Å². The molecule has 0 spiro atoms. The van der Waals surface area contributed by atoms with Crippen molar-refractivity contribution in [3.63, 3.8) is 0 Å². The zero-order valence-electron chi connectivity index (χ0n) is 12.0. The molecule has 1 aliphatic rings. The summed E-state index contributed by atoms with van der Waals surface area (Å²) < 4.78 is 0. The van der Waals surface area contributed by atoms with Gasteiger partial charge < -0.3 is 4.90 Å². The first-order chi connectivity index (χ1) is 9.56. The van der Waals surface area contributed by atoms with Crippen molar-refractivity contribution in [2.45, 2.75) is 45.6 Å². The van der Waals surface area contributed by atoms with Gasteiger partial charge in [0, 0.05) is 29.8 Å². The molecule has 1 atom stereocenters. The van der Waals surface area contributed by atoms with Crippen LogP contribution >= 0.6 is 0 Å². The van der Waals surface area contributed by atoms with Crippen LogP contribution in [0.2, 0.25) is 0 Å². The molecule has 1 aromatic rings. The molecule has 1 fully saturated rings. The number of likely N-dealkylation sites (tertiary alicyclic amines) is 1. The van der Waals surface area contributed by atoms with E-state index in [-0.39, 0.29) is 17.6 Å². The Morgan fingerprint density at radius 3 is 2.85 bits per heavy atom. The molecule has 108 valence electrons. The average molecular weight is 276 g/mol. The zero-order valence-corrected chi connectivity index (χ0v) is 12.0. The minimum absolute atomic E-state index is 0.0147. The van der Waals surface area contributed by atoms with Crippen molar-refractivity contribution < 1.29 is 9.72 Å². The van der Waals surface area contributed by atoms with Crippen LogP contribution in [-0.2, 0) is 0 Å². The van der Waals surface area contributed by atoms with E-state index in [1.165, 1.54) is 6.07 Å². The van der Waals surface area contributed by atoms with Crippen LogP contribution in [0.15, 0.2) is 18.2 Å². The molecule has 1 aromatic carbocycles. The van der Waals surface area contributed by atoms with Crippen LogP contribution in [0.25, 0.3) is 0 Å². The largest absolute Gasteiger partial charge is 0.336 e. The molecule has 5 nitrogen and oxygen atoms in total. The minimum Gasteiger partial charge on any atom is -0.336 e. The second kappa shape index (κ2) is 6.03. The van der Waals surface area contributed by atoms with Crippen LogP contribution in [0.3, 0.4) is 0 Å². The number of nitro benzene ring substituents is 1. The molecule has 20 heavy (non-hydrogen) atoms. The Hall–Kier alpha value is -1.91. The lowest BCUT2D eigenvalue weighted by molar-refractivity contribution is -0.385. The number of piperidine rings is 1. The van der Waals surface area contributed by atoms with Gasteiger partial charge in [0.25, 0.3) is 11.6 Å². The summed E-state index contributed by atoms with van der Waals surface area (Å²) in [5.41, 5.74) is 0.934. The summed E-state index contributed by atoms with van der Waals surface area (Å²) in [5, 5.41) is 11.0. The van der Waals surface area contributed by atoms with Crippen LogP contribution < -0.4 is 0 Å². The number of nitrogens with zero attached hydrogens (tertiary/aromatic N) is 2. The summed E-state index contributed by atoms with van der Waals surface area (Å²) in [5.74, 6) is -0.0715. The maximum atomic E-state index is 12.7. The number of rotatable bonds is 3. The number of hydrogen-bond acceptors (Lipinski definition) is 3. The van der Waals surface area contributed by atoms with E-state index in [9.17, 15) is 14.9 Å². The average Bonchev–Trinajstić information content (AvgIpc) is 2.46. The summed E-state index contributed by atoms with van der Waals surface area (Å²) in [4.78, 5) is 25.1. The van der Waals surface area contributed by atoms with E-state index in [0.29, 0.717) is 11.1 Å². The molecule has 0 bridgehead atoms. The van der Waals surface area contributed by atoms with E-state index in [4.69, 9.17) is 0 Å². The summed E-state index contributed by atoms with van der Waals surface area (Å²) in [6.45, 7) is 4.48. The van der Waals surface area contributed by atoms with Crippen LogP contribution in [0.4, 0.5) is 5.69 Å². The highest BCUT2D eigenvalue weighted by Gasteiger charge is 2.28. The highest BCUT2D eigenvalue weighted by Crippen LogP contribution is 2.26. The number of carbonyl (C=O) groups excluding carboxylic acids is 1. The first-order valence-electron chi connectivity index (χ1n) is 7.11. The summed E-state index contributed by atoms with van der Waals surface area (Å²) >= 11 is 0. The normalized spacial score (nSPS) is 18.9. The fourth-order valence-electron chi connectivity index (χ4n) is 2.90. The predicted octanol–water partition coefficient (Wildman–Crippen LogP) is 3.31. The van der Waals surface area contributed by atoms with Gasteiger partial charge in [0.05, 0.1) is 4.92 Å². The van der Waals surface area contributed by atoms with E-state index in [0.717, 1.165) is 32.2 Å². The molecule has 1 heterocycles. The van der Waals surface area contributed by atoms with Crippen LogP contribution in [0.5, 0.6) is 0 Å². The molecule has 1 amide bonds. The maximum Gasteiger partial charge on any atom is 0.273 e. The summed E-state index contributed by atoms with van der Waals surface area (Å²) in [6.07, 6.45) is 4.11. The van der Waals surface area contributed by atoms with Crippen molar-refractivity contribution in [2.75, 3.05) is 6.54 Å². The molecule has 0 saturated carbocycles. The van der Waals surface area contributed by atoms with Gasteiger partial charge in [-0.05, 0) is 38.7 Å². The van der Waals surface area contributed by atoms with Gasteiger partial charge in [-0.25, -0.2) is 0 Å². The molecule has 0 aliphatic carbocycles. The fourth-order valence-corrected chi connectivity index (χ4v) is 2.90. The number of benzene rings is 1. The molecule has 5 heteroatoms. The van der Waals surface area contributed by atoms with Crippen molar-refractivity contribution in [2.24, 2.45) is 0 Å². The molecule has 1 saturated heterocycles. The lowest BCUT2D eigenvalue weighted by Crippen LogP contribution is -2.43. The van der Waals surface area contributed by atoms with Gasteiger partial charge in [-0.15, -0.1) is 0 Å². The van der Waals surface area contributed by atoms with Crippen LogP contribution in [0.1, 0.15) is 48.5 Å². The molecular weight excluding hydrogens is 256 g/mol. The van der Waals surface area contributed by atoms with Crippen molar-refractivity contribution in [1.82, 2.24) is 4.90 Å². The van der Waals surface area contributed by atoms with Crippen LogP contribution in [-0.4, -0.2) is 28.3 Å². The fraction of sp³-hybridized carbons (Fsp3) is 0.533. The maximum absolute atomic E-state index is 12.7. The highest BCUT2D eigenvalue weighted by atomic mass is 16.6. The lowest BCUT2D eigenvalue weighted by Gasteiger charge is -2.35. The van der Waals surface area contributed by atoms with Crippen molar-refractivity contribution in [3.8, 4) is 0 Å². The number of hydrogen-bond donors (Lipinski definition) is 0. The van der Waals surface area contributed by atoms with Gasteiger partial charge in [-0.3, -0.25) is 14.9 Å². The van der Waals surface area contributed by atoms with Gasteiger partial charge in [0.15, 0.2) is 0 Å². The Kier molecular flexibility index (Phi) is 4.37. The van der Waals surface area contributed by atoms with Crippen molar-refractivity contribution in [3.05, 3.63) is 39.4 Å². The number of nitro groups is 1. The minimum atomic E-state index is -0.431. The monoisotopic (exact) mass is 276 g/mol. The lowest BCUT2D eigenvalue weighted by atomic mass is 9.97. The number of carbonyl (C=O) groups is 1. The Balaban J connectivity index is 2.33. The molecule has 0 N–H and O–H groups in total. The topological polar surface area (TPSA) is 63.5 Å². The Labute approximate surface area is 118 Å². The molecule has 1 aliphatic heterocycles. The van der Waals surface area contributed by atoms with E-state index in [1.54, 1.807) is 19.1 Å². The Morgan fingerprint density at radius 2 is 2.20 bits per heavy atom. The van der Waals surface area contributed by atoms with E-state index >= 15 is 0 Å².